The highest BCUT2D eigenvalue weighted by Gasteiger charge is 2.05. The molecule has 0 N–H and O–H groups in total. The average Bonchev–Trinajstić information content (AvgIpc) is 2.44. The van der Waals surface area contributed by atoms with Crippen molar-refractivity contribution in [2.24, 2.45) is 0 Å². The lowest BCUT2D eigenvalue weighted by atomic mass is 9.97. The Morgan fingerprint density at radius 3 is 2.83 bits per heavy atom. The Morgan fingerprint density at radius 2 is 1.94 bits per heavy atom. The molecule has 0 bridgehead atoms. The third kappa shape index (κ3) is 1.86. The molecule has 0 radical (unpaired) electrons. The highest BCUT2D eigenvalue weighted by molar-refractivity contribution is 6.07. The first kappa shape index (κ1) is 11.2. The minimum Gasteiger partial charge on any atom is -0.256 e. The summed E-state index contributed by atoms with van der Waals surface area (Å²) in [5.74, 6) is 0. The number of aryl methyl sites for hydroxylation is 1. The molecule has 1 nitrogen and oxygen atoms in total. The van der Waals surface area contributed by atoms with E-state index in [1.54, 1.807) is 0 Å². The van der Waals surface area contributed by atoms with Crippen molar-refractivity contribution in [1.29, 1.82) is 0 Å². The van der Waals surface area contributed by atoms with Crippen molar-refractivity contribution in [2.75, 3.05) is 0 Å². The maximum absolute atomic E-state index is 4.45. The van der Waals surface area contributed by atoms with Gasteiger partial charge in [-0.2, -0.15) is 0 Å². The lowest BCUT2D eigenvalue weighted by Gasteiger charge is -2.09. The van der Waals surface area contributed by atoms with E-state index >= 15 is 0 Å². The van der Waals surface area contributed by atoms with Gasteiger partial charge in [0.25, 0.3) is 0 Å². The molecule has 0 atom stereocenters. The standard InChI is InChI=1S/C17H17N/c1-2-3-6-13-7-4-8-14-10-11-16-15(17(13)14)9-5-12-18-16/h4-5,7-12H,2-3,6H2,1H3. The number of nitrogens with zero attached hydrogens (tertiary/aromatic N) is 1. The number of hydrogen-bond donors (Lipinski definition) is 0. The SMILES string of the molecule is CCCCc1cccc2ccc3ncccc3c12. The van der Waals surface area contributed by atoms with Crippen molar-refractivity contribution in [2.45, 2.75) is 26.2 Å². The van der Waals surface area contributed by atoms with Gasteiger partial charge >= 0.3 is 0 Å². The molecule has 90 valence electrons. The van der Waals surface area contributed by atoms with Gasteiger partial charge in [0, 0.05) is 11.6 Å². The van der Waals surface area contributed by atoms with Gasteiger partial charge in [0.05, 0.1) is 5.52 Å². The van der Waals surface area contributed by atoms with Gasteiger partial charge in [-0.3, -0.25) is 4.98 Å². The van der Waals surface area contributed by atoms with Crippen LogP contribution in [0.2, 0.25) is 0 Å². The number of pyridine rings is 1. The van der Waals surface area contributed by atoms with Gasteiger partial charge in [-0.25, -0.2) is 0 Å². The predicted molar refractivity (Wildman–Crippen MR) is 77.9 cm³/mol. The second kappa shape index (κ2) is 4.77. The zero-order valence-corrected chi connectivity index (χ0v) is 10.7. The van der Waals surface area contributed by atoms with E-state index in [-0.39, 0.29) is 0 Å². The lowest BCUT2D eigenvalue weighted by molar-refractivity contribution is 0.799. The van der Waals surface area contributed by atoms with Crippen LogP contribution < -0.4 is 0 Å². The van der Waals surface area contributed by atoms with Gasteiger partial charge < -0.3 is 0 Å². The number of hydrogen-bond acceptors (Lipinski definition) is 1. The summed E-state index contributed by atoms with van der Waals surface area (Å²) >= 11 is 0. The summed E-state index contributed by atoms with van der Waals surface area (Å²) in [6.45, 7) is 2.24. The molecule has 0 aliphatic carbocycles. The molecule has 18 heavy (non-hydrogen) atoms. The molecular formula is C17H17N. The molecular weight excluding hydrogens is 218 g/mol. The van der Waals surface area contributed by atoms with Crippen LogP contribution in [-0.2, 0) is 6.42 Å². The van der Waals surface area contributed by atoms with Crippen LogP contribution in [0.5, 0.6) is 0 Å². The van der Waals surface area contributed by atoms with Crippen LogP contribution in [0.15, 0.2) is 48.7 Å². The summed E-state index contributed by atoms with van der Waals surface area (Å²) in [6.07, 6.45) is 5.50. The van der Waals surface area contributed by atoms with Gasteiger partial charge in [0.1, 0.15) is 0 Å². The Morgan fingerprint density at radius 1 is 1.00 bits per heavy atom. The minimum atomic E-state index is 1.09. The van der Waals surface area contributed by atoms with Gasteiger partial charge in [-0.1, -0.05) is 43.7 Å². The zero-order valence-electron chi connectivity index (χ0n) is 10.7. The molecule has 3 rings (SSSR count). The third-order valence-electron chi connectivity index (χ3n) is 3.51. The van der Waals surface area contributed by atoms with Crippen LogP contribution in [0.25, 0.3) is 21.7 Å². The highest BCUT2D eigenvalue weighted by Crippen LogP contribution is 2.28. The van der Waals surface area contributed by atoms with Crippen molar-refractivity contribution in [3.63, 3.8) is 0 Å². The fraction of sp³-hybridized carbons (Fsp3) is 0.235. The van der Waals surface area contributed by atoms with Crippen LogP contribution in [0, 0.1) is 0 Å². The molecule has 0 aliphatic rings. The molecule has 0 saturated carbocycles. The molecule has 0 unspecified atom stereocenters. The third-order valence-corrected chi connectivity index (χ3v) is 3.51. The topological polar surface area (TPSA) is 12.9 Å². The van der Waals surface area contributed by atoms with Crippen molar-refractivity contribution < 1.29 is 0 Å². The van der Waals surface area contributed by atoms with Crippen molar-refractivity contribution >= 4 is 21.7 Å². The van der Waals surface area contributed by atoms with E-state index < -0.39 is 0 Å². The molecule has 0 fully saturated rings. The maximum atomic E-state index is 4.45. The monoisotopic (exact) mass is 235 g/mol. The highest BCUT2D eigenvalue weighted by atomic mass is 14.6. The molecule has 3 aromatic rings. The minimum absolute atomic E-state index is 1.09. The smallest absolute Gasteiger partial charge is 0.0708 e. The Labute approximate surface area is 107 Å². The number of aromatic nitrogens is 1. The summed E-state index contributed by atoms with van der Waals surface area (Å²) in [6, 6.07) is 15.1. The second-order valence-electron chi connectivity index (χ2n) is 4.75. The first-order valence-corrected chi connectivity index (χ1v) is 6.65. The molecule has 1 aromatic heterocycles. The van der Waals surface area contributed by atoms with Crippen molar-refractivity contribution in [3.8, 4) is 0 Å². The zero-order chi connectivity index (χ0) is 12.4. The second-order valence-corrected chi connectivity index (χ2v) is 4.75. The van der Waals surface area contributed by atoms with Gasteiger partial charge in [0.2, 0.25) is 0 Å². The van der Waals surface area contributed by atoms with Gasteiger partial charge in [-0.15, -0.1) is 0 Å². The summed E-state index contributed by atoms with van der Waals surface area (Å²) in [5, 5.41) is 3.99. The van der Waals surface area contributed by atoms with Gasteiger partial charge in [-0.05, 0) is 41.3 Å². The number of unbranched alkanes of at least 4 members (excludes halogenated alkanes) is 1. The first-order chi connectivity index (χ1) is 8.90. The maximum Gasteiger partial charge on any atom is 0.0708 e. The summed E-state index contributed by atoms with van der Waals surface area (Å²) in [5.41, 5.74) is 2.54. The fourth-order valence-corrected chi connectivity index (χ4v) is 2.59. The largest absolute Gasteiger partial charge is 0.256 e. The number of rotatable bonds is 3. The summed E-state index contributed by atoms with van der Waals surface area (Å²) in [4.78, 5) is 4.45. The quantitative estimate of drug-likeness (QED) is 0.598. The molecule has 0 spiro atoms. The van der Waals surface area contributed by atoms with Crippen molar-refractivity contribution in [3.05, 3.63) is 54.2 Å². The van der Waals surface area contributed by atoms with E-state index in [0.29, 0.717) is 0 Å². The van der Waals surface area contributed by atoms with E-state index in [2.05, 4.69) is 48.3 Å². The van der Waals surface area contributed by atoms with Crippen LogP contribution in [-0.4, -0.2) is 4.98 Å². The Bertz CT molecular complexity index is 685. The molecule has 2 aromatic carbocycles. The predicted octanol–water partition coefficient (Wildman–Crippen LogP) is 4.73. The molecule has 1 heteroatoms. The normalized spacial score (nSPS) is 11.2. The van der Waals surface area contributed by atoms with Crippen LogP contribution in [0.3, 0.4) is 0 Å². The van der Waals surface area contributed by atoms with Crippen LogP contribution in [0.1, 0.15) is 25.3 Å². The van der Waals surface area contributed by atoms with E-state index in [9.17, 15) is 0 Å². The van der Waals surface area contributed by atoms with E-state index in [4.69, 9.17) is 0 Å². The van der Waals surface area contributed by atoms with Crippen LogP contribution >= 0.6 is 0 Å². The van der Waals surface area contributed by atoms with E-state index in [1.165, 1.54) is 34.6 Å². The van der Waals surface area contributed by atoms with E-state index in [1.807, 2.05) is 12.3 Å². The first-order valence-electron chi connectivity index (χ1n) is 6.65. The summed E-state index contributed by atoms with van der Waals surface area (Å²) < 4.78 is 0. The summed E-state index contributed by atoms with van der Waals surface area (Å²) in [7, 11) is 0. The Hall–Kier alpha value is -1.89. The molecule has 0 aliphatic heterocycles. The molecule has 0 saturated heterocycles. The number of fused-ring (bicyclic) bond motifs is 3. The van der Waals surface area contributed by atoms with Gasteiger partial charge in [0.15, 0.2) is 0 Å². The molecule has 0 amide bonds. The average molecular weight is 235 g/mol. The number of benzene rings is 2. The fourth-order valence-electron chi connectivity index (χ4n) is 2.59. The van der Waals surface area contributed by atoms with E-state index in [0.717, 1.165) is 11.9 Å². The molecule has 1 heterocycles. The Balaban J connectivity index is 2.32. The van der Waals surface area contributed by atoms with Crippen molar-refractivity contribution in [1.82, 2.24) is 4.98 Å². The van der Waals surface area contributed by atoms with Crippen LogP contribution in [0.4, 0.5) is 0 Å². The lowest BCUT2D eigenvalue weighted by Crippen LogP contribution is -1.89. The Kier molecular flexibility index (Phi) is 2.97.